The molecule has 0 aromatic carbocycles. The van der Waals surface area contributed by atoms with Gasteiger partial charge in [-0.2, -0.15) is 0 Å². The predicted molar refractivity (Wildman–Crippen MR) is 47.4 cm³/mol. The van der Waals surface area contributed by atoms with E-state index in [0.717, 1.165) is 11.8 Å². The first-order valence-electron chi connectivity index (χ1n) is 3.48. The van der Waals surface area contributed by atoms with E-state index < -0.39 is 0 Å². The fourth-order valence-corrected chi connectivity index (χ4v) is 0.681. The van der Waals surface area contributed by atoms with E-state index in [2.05, 4.69) is 32.5 Å². The molecule has 0 spiro atoms. The van der Waals surface area contributed by atoms with E-state index in [-0.39, 0.29) is 12.4 Å². The van der Waals surface area contributed by atoms with Crippen molar-refractivity contribution in [3.8, 4) is 11.8 Å². The van der Waals surface area contributed by atoms with Crippen LogP contribution in [0.25, 0.3) is 0 Å². The Balaban J connectivity index is 3.38. The fourth-order valence-electron chi connectivity index (χ4n) is 0.482. The highest BCUT2D eigenvalue weighted by molar-refractivity contribution is 9.09. The molecule has 11 heavy (non-hydrogen) atoms. The first-order chi connectivity index (χ1) is 5.31. The van der Waals surface area contributed by atoms with Gasteiger partial charge in [-0.25, -0.2) is 0 Å². The Morgan fingerprint density at radius 2 is 2.27 bits per heavy atom. The second-order valence-corrected chi connectivity index (χ2v) is 2.57. The van der Waals surface area contributed by atoms with Crippen molar-refractivity contribution in [3.05, 3.63) is 0 Å². The Kier molecular flexibility index (Phi) is 7.28. The lowest BCUT2D eigenvalue weighted by atomic mass is 10.4. The van der Waals surface area contributed by atoms with Gasteiger partial charge in [0.1, 0.15) is 6.42 Å². The molecule has 0 aliphatic carbocycles. The van der Waals surface area contributed by atoms with Crippen molar-refractivity contribution in [1.82, 2.24) is 0 Å². The Morgan fingerprint density at radius 1 is 1.55 bits per heavy atom. The summed E-state index contributed by atoms with van der Waals surface area (Å²) in [4.78, 5) is 10.7. The molecule has 0 rings (SSSR count). The Morgan fingerprint density at radius 3 is 2.82 bits per heavy atom. The summed E-state index contributed by atoms with van der Waals surface area (Å²) < 4.78 is 4.67. The van der Waals surface area contributed by atoms with Crippen molar-refractivity contribution < 1.29 is 9.53 Å². The minimum absolute atomic E-state index is 0.209. The van der Waals surface area contributed by atoms with Gasteiger partial charge in [-0.1, -0.05) is 21.9 Å². The zero-order valence-electron chi connectivity index (χ0n) is 6.52. The molecule has 0 aromatic rings. The molecule has 0 aliphatic heterocycles. The monoisotopic (exact) mass is 218 g/mol. The van der Waals surface area contributed by atoms with Gasteiger partial charge in [0.2, 0.25) is 0 Å². The van der Waals surface area contributed by atoms with Gasteiger partial charge in [-0.3, -0.25) is 4.79 Å². The molecule has 0 radical (unpaired) electrons. The first-order valence-corrected chi connectivity index (χ1v) is 4.60. The molecule has 62 valence electrons. The van der Waals surface area contributed by atoms with Crippen LogP contribution in [0.4, 0.5) is 0 Å². The van der Waals surface area contributed by atoms with Crippen LogP contribution in [0.3, 0.4) is 0 Å². The van der Waals surface area contributed by atoms with Crippen molar-refractivity contribution in [3.63, 3.8) is 0 Å². The normalized spacial score (nSPS) is 8.18. The smallest absolute Gasteiger partial charge is 0.317 e. The quantitative estimate of drug-likeness (QED) is 0.410. The van der Waals surface area contributed by atoms with Crippen LogP contribution < -0.4 is 0 Å². The summed E-state index contributed by atoms with van der Waals surface area (Å²) in [5, 5.41) is 0.850. The molecule has 0 unspecified atom stereocenters. The standard InChI is InChI=1S/C8H11BrO2/c1-2-11-8(10)6-4-3-5-7-9/h2,5-7H2,1H3. The van der Waals surface area contributed by atoms with E-state index in [1.165, 1.54) is 0 Å². The van der Waals surface area contributed by atoms with E-state index in [1.54, 1.807) is 6.92 Å². The third-order valence-electron chi connectivity index (χ3n) is 0.883. The average molecular weight is 219 g/mol. The van der Waals surface area contributed by atoms with E-state index in [0.29, 0.717) is 6.61 Å². The van der Waals surface area contributed by atoms with Crippen LogP contribution in [-0.4, -0.2) is 17.9 Å². The summed E-state index contributed by atoms with van der Waals surface area (Å²) in [5.74, 6) is 5.30. The van der Waals surface area contributed by atoms with Gasteiger partial charge < -0.3 is 4.74 Å². The molecule has 0 atom stereocenters. The third-order valence-corrected chi connectivity index (χ3v) is 1.28. The van der Waals surface area contributed by atoms with E-state index >= 15 is 0 Å². The van der Waals surface area contributed by atoms with Gasteiger partial charge in [-0.05, 0) is 6.92 Å². The van der Waals surface area contributed by atoms with Gasteiger partial charge >= 0.3 is 5.97 Å². The van der Waals surface area contributed by atoms with Gasteiger partial charge in [0.25, 0.3) is 0 Å². The molecule has 0 aromatic heterocycles. The molecule has 0 saturated carbocycles. The maximum atomic E-state index is 10.7. The minimum atomic E-state index is -0.241. The largest absolute Gasteiger partial charge is 0.465 e. The molecular formula is C8H11BrO2. The summed E-state index contributed by atoms with van der Waals surface area (Å²) in [5.41, 5.74) is 0. The predicted octanol–water partition coefficient (Wildman–Crippen LogP) is 1.73. The van der Waals surface area contributed by atoms with Crippen LogP contribution >= 0.6 is 15.9 Å². The second kappa shape index (κ2) is 7.62. The van der Waals surface area contributed by atoms with Gasteiger partial charge in [0.15, 0.2) is 0 Å². The number of hydrogen-bond acceptors (Lipinski definition) is 2. The van der Waals surface area contributed by atoms with E-state index in [1.807, 2.05) is 0 Å². The van der Waals surface area contributed by atoms with Crippen LogP contribution in [0.2, 0.25) is 0 Å². The van der Waals surface area contributed by atoms with E-state index in [9.17, 15) is 4.79 Å². The lowest BCUT2D eigenvalue weighted by Gasteiger charge is -1.94. The zero-order chi connectivity index (χ0) is 8.53. The molecule has 0 N–H and O–H groups in total. The topological polar surface area (TPSA) is 26.3 Å². The van der Waals surface area contributed by atoms with Gasteiger partial charge in [0, 0.05) is 11.8 Å². The maximum Gasteiger partial charge on any atom is 0.317 e. The minimum Gasteiger partial charge on any atom is -0.465 e. The van der Waals surface area contributed by atoms with Crippen molar-refractivity contribution >= 4 is 21.9 Å². The fraction of sp³-hybridized carbons (Fsp3) is 0.625. The number of esters is 1. The summed E-state index contributed by atoms with van der Waals surface area (Å²) in [7, 11) is 0. The lowest BCUT2D eigenvalue weighted by Crippen LogP contribution is -2.01. The molecule has 0 aliphatic rings. The van der Waals surface area contributed by atoms with Crippen molar-refractivity contribution in [2.24, 2.45) is 0 Å². The van der Waals surface area contributed by atoms with Crippen molar-refractivity contribution in [2.75, 3.05) is 11.9 Å². The number of alkyl halides is 1. The highest BCUT2D eigenvalue weighted by Crippen LogP contribution is 1.86. The number of carbonyl (C=O) groups is 1. The third kappa shape index (κ3) is 7.41. The molecule has 2 nitrogen and oxygen atoms in total. The highest BCUT2D eigenvalue weighted by Gasteiger charge is 1.94. The number of halogens is 1. The second-order valence-electron chi connectivity index (χ2n) is 1.77. The van der Waals surface area contributed by atoms with Crippen LogP contribution in [0.15, 0.2) is 0 Å². The average Bonchev–Trinajstić information content (AvgIpc) is 1.99. The van der Waals surface area contributed by atoms with Crippen molar-refractivity contribution in [1.29, 1.82) is 0 Å². The van der Waals surface area contributed by atoms with Crippen molar-refractivity contribution in [2.45, 2.75) is 19.8 Å². The Labute approximate surface area is 75.4 Å². The number of rotatable bonds is 3. The lowest BCUT2D eigenvalue weighted by molar-refractivity contribution is -0.141. The SMILES string of the molecule is CCOC(=O)CC#CCCBr. The van der Waals surface area contributed by atoms with Crippen LogP contribution in [0, 0.1) is 11.8 Å². The summed E-state index contributed by atoms with van der Waals surface area (Å²) in [6.45, 7) is 2.21. The Bertz CT molecular complexity index is 167. The summed E-state index contributed by atoms with van der Waals surface area (Å²) in [6.07, 6.45) is 0.986. The molecule has 0 heterocycles. The number of carbonyl (C=O) groups excluding carboxylic acids is 1. The van der Waals surface area contributed by atoms with Crippen LogP contribution in [-0.2, 0) is 9.53 Å². The maximum absolute atomic E-state index is 10.7. The highest BCUT2D eigenvalue weighted by atomic mass is 79.9. The molecule has 0 fully saturated rings. The summed E-state index contributed by atoms with van der Waals surface area (Å²) in [6, 6.07) is 0. The van der Waals surface area contributed by atoms with E-state index in [4.69, 9.17) is 0 Å². The van der Waals surface area contributed by atoms with Crippen LogP contribution in [0.5, 0.6) is 0 Å². The van der Waals surface area contributed by atoms with Crippen LogP contribution in [0.1, 0.15) is 19.8 Å². The molecular weight excluding hydrogens is 208 g/mol. The zero-order valence-corrected chi connectivity index (χ0v) is 8.11. The summed E-state index contributed by atoms with van der Waals surface area (Å²) >= 11 is 3.23. The first kappa shape index (κ1) is 10.5. The van der Waals surface area contributed by atoms with Gasteiger partial charge in [-0.15, -0.1) is 5.92 Å². The number of ether oxygens (including phenoxy) is 1. The Hall–Kier alpha value is -0.490. The molecule has 0 bridgehead atoms. The van der Waals surface area contributed by atoms with Gasteiger partial charge in [0.05, 0.1) is 6.61 Å². The molecule has 0 amide bonds. The number of hydrogen-bond donors (Lipinski definition) is 0. The molecule has 3 heteroatoms. The molecule has 0 saturated heterocycles.